The number of benzene rings is 1. The Morgan fingerprint density at radius 3 is 2.78 bits per heavy atom. The molecule has 0 fully saturated rings. The first-order chi connectivity index (χ1) is 8.36. The van der Waals surface area contributed by atoms with Crippen molar-refractivity contribution in [3.63, 3.8) is 0 Å². The highest BCUT2D eigenvalue weighted by Gasteiger charge is 2.24. The molecule has 0 spiro atoms. The van der Waals surface area contributed by atoms with Crippen LogP contribution in [-0.4, -0.2) is 23.3 Å². The average molecular weight is 289 g/mol. The van der Waals surface area contributed by atoms with Crippen molar-refractivity contribution in [3.8, 4) is 0 Å². The number of nitrogens with one attached hydrogen (secondary N) is 1. The maximum Gasteiger partial charge on any atom is 0.178 e. The summed E-state index contributed by atoms with van der Waals surface area (Å²) in [5.41, 5.74) is 1.03. The molecule has 0 saturated heterocycles. The number of nitrogens with zero attached hydrogens (tertiary/aromatic N) is 1. The van der Waals surface area contributed by atoms with Crippen LogP contribution in [0.15, 0.2) is 12.1 Å². The molecule has 0 bridgehead atoms. The van der Waals surface area contributed by atoms with E-state index in [1.165, 1.54) is 6.07 Å². The highest BCUT2D eigenvalue weighted by atomic mass is 35.5. The summed E-state index contributed by atoms with van der Waals surface area (Å²) in [7, 11) is 1.62. The Morgan fingerprint density at radius 2 is 2.17 bits per heavy atom. The first-order valence-corrected chi connectivity index (χ1v) is 6.24. The molecule has 1 N–H and O–H groups in total. The van der Waals surface area contributed by atoms with E-state index in [2.05, 4.69) is 4.98 Å². The van der Waals surface area contributed by atoms with Crippen LogP contribution in [-0.2, 0) is 10.3 Å². The Kier molecular flexibility index (Phi) is 3.49. The van der Waals surface area contributed by atoms with E-state index in [4.69, 9.17) is 28.6 Å². The minimum Gasteiger partial charge on any atom is -0.382 e. The van der Waals surface area contributed by atoms with Crippen LogP contribution in [0.2, 0.25) is 5.02 Å². The third kappa shape index (κ3) is 2.18. The molecule has 18 heavy (non-hydrogen) atoms. The quantitative estimate of drug-likeness (QED) is 0.869. The monoisotopic (exact) mass is 288 g/mol. The fourth-order valence-electron chi connectivity index (χ4n) is 2.12. The Hall–Kier alpha value is -0.910. The third-order valence-corrected chi connectivity index (χ3v) is 3.40. The molecular weight excluding hydrogens is 275 g/mol. The zero-order chi connectivity index (χ0) is 13.5. The van der Waals surface area contributed by atoms with Gasteiger partial charge in [0.15, 0.2) is 4.77 Å². The summed E-state index contributed by atoms with van der Waals surface area (Å²) < 4.78 is 21.1. The second-order valence-corrected chi connectivity index (χ2v) is 5.59. The van der Waals surface area contributed by atoms with Crippen LogP contribution >= 0.6 is 23.8 Å². The van der Waals surface area contributed by atoms with E-state index in [9.17, 15) is 4.39 Å². The van der Waals surface area contributed by atoms with Crippen LogP contribution in [0.3, 0.4) is 0 Å². The highest BCUT2D eigenvalue weighted by molar-refractivity contribution is 7.71. The highest BCUT2D eigenvalue weighted by Crippen LogP contribution is 2.27. The lowest BCUT2D eigenvalue weighted by Crippen LogP contribution is -2.31. The number of imidazole rings is 1. The van der Waals surface area contributed by atoms with Crippen LogP contribution in [0.4, 0.5) is 4.39 Å². The number of ether oxygens (including phenoxy) is 1. The maximum absolute atomic E-state index is 13.6. The molecule has 3 nitrogen and oxygen atoms in total. The number of halogens is 2. The van der Waals surface area contributed by atoms with Gasteiger partial charge in [0, 0.05) is 13.2 Å². The van der Waals surface area contributed by atoms with Gasteiger partial charge in [-0.1, -0.05) is 11.6 Å². The molecule has 98 valence electrons. The Labute approximate surface area is 115 Å². The van der Waals surface area contributed by atoms with Crippen molar-refractivity contribution in [2.24, 2.45) is 0 Å². The van der Waals surface area contributed by atoms with E-state index in [1.807, 2.05) is 18.4 Å². The first-order valence-electron chi connectivity index (χ1n) is 5.46. The Balaban J connectivity index is 2.75. The molecule has 0 aliphatic carbocycles. The molecule has 2 aromatic rings. The number of H-pyrrole nitrogens is 1. The Bertz CT molecular complexity index is 647. The van der Waals surface area contributed by atoms with Crippen molar-refractivity contribution in [1.29, 1.82) is 0 Å². The van der Waals surface area contributed by atoms with Crippen molar-refractivity contribution >= 4 is 34.9 Å². The van der Waals surface area contributed by atoms with Crippen LogP contribution < -0.4 is 0 Å². The normalized spacial score (nSPS) is 12.3. The second-order valence-electron chi connectivity index (χ2n) is 4.79. The SMILES string of the molecule is COCC(C)(C)n1c(=S)[nH]c2cc(Cl)c(F)cc21. The second kappa shape index (κ2) is 4.64. The number of fused-ring (bicyclic) bond motifs is 1. The fourth-order valence-corrected chi connectivity index (χ4v) is 2.74. The molecule has 0 aliphatic rings. The number of aromatic amines is 1. The van der Waals surface area contributed by atoms with Crippen LogP contribution in [0.25, 0.3) is 11.0 Å². The Morgan fingerprint density at radius 1 is 1.50 bits per heavy atom. The summed E-state index contributed by atoms with van der Waals surface area (Å²) in [6, 6.07) is 2.93. The lowest BCUT2D eigenvalue weighted by atomic mass is 10.1. The zero-order valence-corrected chi connectivity index (χ0v) is 12.0. The molecule has 0 atom stereocenters. The zero-order valence-electron chi connectivity index (χ0n) is 10.4. The molecule has 1 aromatic carbocycles. The van der Waals surface area contributed by atoms with E-state index in [0.29, 0.717) is 16.9 Å². The van der Waals surface area contributed by atoms with Gasteiger partial charge in [-0.05, 0) is 32.1 Å². The predicted octanol–water partition coefficient (Wildman–Crippen LogP) is 3.87. The van der Waals surface area contributed by atoms with Crippen LogP contribution in [0.1, 0.15) is 13.8 Å². The number of aromatic nitrogens is 2. The molecule has 6 heteroatoms. The molecule has 0 radical (unpaired) electrons. The van der Waals surface area contributed by atoms with Gasteiger partial charge < -0.3 is 14.3 Å². The summed E-state index contributed by atoms with van der Waals surface area (Å²) in [6.45, 7) is 4.43. The summed E-state index contributed by atoms with van der Waals surface area (Å²) in [6.07, 6.45) is 0. The topological polar surface area (TPSA) is 29.9 Å². The van der Waals surface area contributed by atoms with Crippen molar-refractivity contribution < 1.29 is 9.13 Å². The summed E-state index contributed by atoms with van der Waals surface area (Å²) in [4.78, 5) is 3.03. The summed E-state index contributed by atoms with van der Waals surface area (Å²) in [5, 5.41) is 0.0791. The van der Waals surface area contributed by atoms with Gasteiger partial charge >= 0.3 is 0 Å². The molecule has 1 aromatic heterocycles. The van der Waals surface area contributed by atoms with Gasteiger partial charge in [0.25, 0.3) is 0 Å². The van der Waals surface area contributed by atoms with Gasteiger partial charge in [-0.3, -0.25) is 0 Å². The van der Waals surface area contributed by atoms with E-state index < -0.39 is 5.82 Å². The smallest absolute Gasteiger partial charge is 0.178 e. The van der Waals surface area contributed by atoms with Crippen molar-refractivity contribution in [2.75, 3.05) is 13.7 Å². The van der Waals surface area contributed by atoms with Gasteiger partial charge in [0.05, 0.1) is 28.2 Å². The molecule has 0 amide bonds. The molecule has 1 heterocycles. The number of rotatable bonds is 3. The molecular formula is C12H14ClFN2OS. The van der Waals surface area contributed by atoms with E-state index in [1.54, 1.807) is 13.2 Å². The maximum atomic E-state index is 13.6. The van der Waals surface area contributed by atoms with Crippen molar-refractivity contribution in [1.82, 2.24) is 9.55 Å². The lowest BCUT2D eigenvalue weighted by molar-refractivity contribution is 0.111. The minimum atomic E-state index is -0.458. The summed E-state index contributed by atoms with van der Waals surface area (Å²) >= 11 is 11.0. The van der Waals surface area contributed by atoms with E-state index >= 15 is 0 Å². The molecule has 0 saturated carbocycles. The van der Waals surface area contributed by atoms with Gasteiger partial charge in [-0.25, -0.2) is 4.39 Å². The number of hydrogen-bond donors (Lipinski definition) is 1. The van der Waals surface area contributed by atoms with Gasteiger partial charge in [-0.15, -0.1) is 0 Å². The summed E-state index contributed by atoms with van der Waals surface area (Å²) in [5.74, 6) is -0.458. The lowest BCUT2D eigenvalue weighted by Gasteiger charge is -2.26. The molecule has 0 aliphatic heterocycles. The van der Waals surface area contributed by atoms with Gasteiger partial charge in [-0.2, -0.15) is 0 Å². The predicted molar refractivity (Wildman–Crippen MR) is 73.3 cm³/mol. The molecule has 2 rings (SSSR count). The van der Waals surface area contributed by atoms with E-state index in [0.717, 1.165) is 5.52 Å². The largest absolute Gasteiger partial charge is 0.382 e. The van der Waals surface area contributed by atoms with Gasteiger partial charge in [0.1, 0.15) is 5.82 Å². The van der Waals surface area contributed by atoms with Crippen LogP contribution in [0, 0.1) is 10.6 Å². The first kappa shape index (κ1) is 13.5. The van der Waals surface area contributed by atoms with E-state index in [-0.39, 0.29) is 10.6 Å². The van der Waals surface area contributed by atoms with Gasteiger partial charge in [0.2, 0.25) is 0 Å². The number of hydrogen-bond acceptors (Lipinski definition) is 2. The minimum absolute atomic E-state index is 0.0791. The fraction of sp³-hybridized carbons (Fsp3) is 0.417. The van der Waals surface area contributed by atoms with Crippen molar-refractivity contribution in [3.05, 3.63) is 27.7 Å². The van der Waals surface area contributed by atoms with Crippen LogP contribution in [0.5, 0.6) is 0 Å². The standard InChI is InChI=1S/C12H14ClFN2OS/c1-12(2,6-17-3)16-10-5-8(14)7(13)4-9(10)15-11(16)18/h4-5H,6H2,1-3H3,(H,15,18). The van der Waals surface area contributed by atoms with Crippen molar-refractivity contribution in [2.45, 2.75) is 19.4 Å². The average Bonchev–Trinajstić information content (AvgIpc) is 2.55. The molecule has 0 unspecified atom stereocenters. The number of methoxy groups -OCH3 is 1. The third-order valence-electron chi connectivity index (χ3n) is 2.83.